The number of hydrogen-bond donors (Lipinski definition) is 0. The first-order valence-corrected chi connectivity index (χ1v) is 11.8. The van der Waals surface area contributed by atoms with E-state index in [1.807, 2.05) is 12.1 Å². The third-order valence-corrected chi connectivity index (χ3v) is 7.56. The highest BCUT2D eigenvalue weighted by molar-refractivity contribution is 7.86. The Balaban J connectivity index is 1.53. The number of aromatic nitrogens is 1. The Bertz CT molecular complexity index is 963. The van der Waals surface area contributed by atoms with Gasteiger partial charge in [0.2, 0.25) is 5.91 Å². The van der Waals surface area contributed by atoms with Crippen LogP contribution in [0.3, 0.4) is 0 Å². The van der Waals surface area contributed by atoms with Gasteiger partial charge in [-0.25, -0.2) is 0 Å². The van der Waals surface area contributed by atoms with Gasteiger partial charge < -0.3 is 14.2 Å². The van der Waals surface area contributed by atoms with E-state index in [1.54, 1.807) is 12.0 Å². The third kappa shape index (κ3) is 5.03. The number of hydrogen-bond acceptors (Lipinski definition) is 4. The van der Waals surface area contributed by atoms with Crippen molar-refractivity contribution in [2.45, 2.75) is 25.8 Å². The van der Waals surface area contributed by atoms with Crippen molar-refractivity contribution in [1.82, 2.24) is 18.1 Å². The minimum absolute atomic E-state index is 0.0972. The lowest BCUT2D eigenvalue weighted by atomic mass is 10.1. The predicted molar refractivity (Wildman–Crippen MR) is 118 cm³/mol. The average molecular weight is 437 g/mol. The number of para-hydroxylation sites is 1. The fourth-order valence-corrected chi connectivity index (χ4v) is 4.97. The number of ether oxygens (including phenoxy) is 1. The summed E-state index contributed by atoms with van der Waals surface area (Å²) in [6.45, 7) is 3.05. The van der Waals surface area contributed by atoms with Gasteiger partial charge in [-0.1, -0.05) is 18.2 Å². The van der Waals surface area contributed by atoms with Gasteiger partial charge in [0.05, 0.1) is 6.61 Å². The van der Waals surface area contributed by atoms with Gasteiger partial charge in [0.1, 0.15) is 0 Å². The summed E-state index contributed by atoms with van der Waals surface area (Å²) in [6.07, 6.45) is 4.24. The van der Waals surface area contributed by atoms with E-state index in [9.17, 15) is 13.2 Å². The molecule has 2 aromatic rings. The normalized spacial score (nSPS) is 15.9. The fourth-order valence-electron chi connectivity index (χ4n) is 3.88. The van der Waals surface area contributed by atoms with Gasteiger partial charge in [-0.05, 0) is 24.5 Å². The van der Waals surface area contributed by atoms with E-state index in [4.69, 9.17) is 4.74 Å². The molecule has 1 saturated heterocycles. The minimum Gasteiger partial charge on any atom is -0.383 e. The molecule has 0 spiro atoms. The van der Waals surface area contributed by atoms with E-state index in [-0.39, 0.29) is 5.91 Å². The summed E-state index contributed by atoms with van der Waals surface area (Å²) < 4.78 is 34.5. The zero-order valence-electron chi connectivity index (χ0n) is 18.1. The molecule has 8 nitrogen and oxygen atoms in total. The maximum atomic E-state index is 12.6. The molecule has 1 amide bonds. The van der Waals surface area contributed by atoms with Crippen LogP contribution in [0, 0.1) is 0 Å². The van der Waals surface area contributed by atoms with E-state index < -0.39 is 10.2 Å². The second kappa shape index (κ2) is 9.91. The number of carbonyl (C=O) groups is 1. The van der Waals surface area contributed by atoms with Crippen LogP contribution in [-0.2, 0) is 32.7 Å². The summed E-state index contributed by atoms with van der Waals surface area (Å²) in [5.74, 6) is 0.0972. The number of methoxy groups -OCH3 is 1. The molecule has 0 radical (unpaired) electrons. The highest BCUT2D eigenvalue weighted by Gasteiger charge is 2.29. The number of benzene rings is 1. The van der Waals surface area contributed by atoms with Gasteiger partial charge >= 0.3 is 0 Å². The fraction of sp³-hybridized carbons (Fsp3) is 0.571. The molecule has 0 bridgehead atoms. The summed E-state index contributed by atoms with van der Waals surface area (Å²) in [5.41, 5.74) is 2.44. The summed E-state index contributed by atoms with van der Waals surface area (Å²) >= 11 is 0. The number of rotatable bonds is 9. The number of carbonyl (C=O) groups excluding carboxylic acids is 1. The van der Waals surface area contributed by atoms with Crippen molar-refractivity contribution in [2.75, 3.05) is 54.0 Å². The average Bonchev–Trinajstić information content (AvgIpc) is 3.10. The quantitative estimate of drug-likeness (QED) is 0.598. The Morgan fingerprint density at radius 2 is 1.83 bits per heavy atom. The lowest BCUT2D eigenvalue weighted by Gasteiger charge is -2.35. The summed E-state index contributed by atoms with van der Waals surface area (Å²) in [7, 11) is 1.35. The van der Waals surface area contributed by atoms with E-state index in [2.05, 4.69) is 22.9 Å². The molecule has 9 heteroatoms. The number of piperazine rings is 1. The first kappa shape index (κ1) is 22.7. The first-order valence-electron chi connectivity index (χ1n) is 10.4. The van der Waals surface area contributed by atoms with Gasteiger partial charge in [0.15, 0.2) is 0 Å². The van der Waals surface area contributed by atoms with Crippen molar-refractivity contribution in [3.63, 3.8) is 0 Å². The molecular formula is C21H32N4O4S. The summed E-state index contributed by atoms with van der Waals surface area (Å²) in [4.78, 5) is 14.4. The van der Waals surface area contributed by atoms with Crippen LogP contribution in [0.2, 0.25) is 0 Å². The topological polar surface area (TPSA) is 75.1 Å². The standard InChI is InChI=1S/C21H32N4O4S/c1-22(2)30(27,28)25-13-11-23(12-14-25)21(26)10-6-7-18-17-24(15-16-29-3)20-9-5-4-8-19(18)20/h4-5,8-9,17H,6-7,10-16H2,1-3H3. The Kier molecular flexibility index (Phi) is 7.51. The number of aryl methyl sites for hydroxylation is 1. The van der Waals surface area contributed by atoms with Crippen LogP contribution in [0.15, 0.2) is 30.5 Å². The number of fused-ring (bicyclic) bond motifs is 1. The van der Waals surface area contributed by atoms with E-state index >= 15 is 0 Å². The molecule has 0 saturated carbocycles. The van der Waals surface area contributed by atoms with Crippen molar-refractivity contribution in [2.24, 2.45) is 0 Å². The molecule has 0 atom stereocenters. The van der Waals surface area contributed by atoms with Crippen LogP contribution in [-0.4, -0.2) is 86.4 Å². The number of amides is 1. The summed E-state index contributed by atoms with van der Waals surface area (Å²) in [6, 6.07) is 8.31. The predicted octanol–water partition coefficient (Wildman–Crippen LogP) is 1.56. The maximum Gasteiger partial charge on any atom is 0.281 e. The van der Waals surface area contributed by atoms with Crippen molar-refractivity contribution >= 4 is 27.0 Å². The Morgan fingerprint density at radius 1 is 1.13 bits per heavy atom. The lowest BCUT2D eigenvalue weighted by Crippen LogP contribution is -2.53. The largest absolute Gasteiger partial charge is 0.383 e. The molecule has 0 unspecified atom stereocenters. The highest BCUT2D eigenvalue weighted by atomic mass is 32.2. The molecule has 1 aliphatic rings. The molecule has 30 heavy (non-hydrogen) atoms. The molecule has 166 valence electrons. The molecule has 1 aromatic carbocycles. The van der Waals surface area contributed by atoms with Gasteiger partial charge in [-0.2, -0.15) is 17.0 Å². The van der Waals surface area contributed by atoms with Crippen LogP contribution in [0.5, 0.6) is 0 Å². The molecule has 1 aromatic heterocycles. The summed E-state index contributed by atoms with van der Waals surface area (Å²) in [5, 5.41) is 1.23. The van der Waals surface area contributed by atoms with Crippen molar-refractivity contribution in [3.8, 4) is 0 Å². The molecule has 2 heterocycles. The van der Waals surface area contributed by atoms with Crippen LogP contribution < -0.4 is 0 Å². The molecular weight excluding hydrogens is 404 g/mol. The van der Waals surface area contributed by atoms with Gasteiger partial charge in [0, 0.05) is 77.4 Å². The zero-order valence-corrected chi connectivity index (χ0v) is 18.9. The molecule has 3 rings (SSSR count). The molecule has 1 aliphatic heterocycles. The van der Waals surface area contributed by atoms with Crippen LogP contribution in [0.1, 0.15) is 18.4 Å². The highest BCUT2D eigenvalue weighted by Crippen LogP contribution is 2.23. The number of nitrogens with zero attached hydrogens (tertiary/aromatic N) is 4. The third-order valence-electron chi connectivity index (χ3n) is 5.62. The Hall–Kier alpha value is -1.94. The molecule has 1 fully saturated rings. The SMILES string of the molecule is COCCn1cc(CCCC(=O)N2CCN(S(=O)(=O)N(C)C)CC2)c2ccccc21. The van der Waals surface area contributed by atoms with Gasteiger partial charge in [-0.15, -0.1) is 0 Å². The van der Waals surface area contributed by atoms with Crippen molar-refractivity contribution in [1.29, 1.82) is 0 Å². The monoisotopic (exact) mass is 436 g/mol. The first-order chi connectivity index (χ1) is 14.3. The zero-order chi connectivity index (χ0) is 21.7. The van der Waals surface area contributed by atoms with Crippen LogP contribution in [0.4, 0.5) is 0 Å². The second-order valence-electron chi connectivity index (χ2n) is 7.78. The Morgan fingerprint density at radius 3 is 2.50 bits per heavy atom. The lowest BCUT2D eigenvalue weighted by molar-refractivity contribution is -0.132. The minimum atomic E-state index is -3.41. The van der Waals surface area contributed by atoms with E-state index in [0.717, 1.165) is 19.4 Å². The Labute approximate surface area is 179 Å². The van der Waals surface area contributed by atoms with Crippen LogP contribution >= 0.6 is 0 Å². The smallest absolute Gasteiger partial charge is 0.281 e. The van der Waals surface area contributed by atoms with Crippen molar-refractivity contribution < 1.29 is 17.9 Å². The van der Waals surface area contributed by atoms with Crippen LogP contribution in [0.25, 0.3) is 10.9 Å². The van der Waals surface area contributed by atoms with E-state index in [0.29, 0.717) is 39.2 Å². The maximum absolute atomic E-state index is 12.6. The van der Waals surface area contributed by atoms with Gasteiger partial charge in [0.25, 0.3) is 10.2 Å². The second-order valence-corrected chi connectivity index (χ2v) is 9.92. The van der Waals surface area contributed by atoms with Crippen molar-refractivity contribution in [3.05, 3.63) is 36.0 Å². The molecule has 0 aliphatic carbocycles. The molecule has 0 N–H and O–H groups in total. The van der Waals surface area contributed by atoms with E-state index in [1.165, 1.54) is 39.2 Å². The van der Waals surface area contributed by atoms with Gasteiger partial charge in [-0.3, -0.25) is 4.79 Å².